The predicted octanol–water partition coefficient (Wildman–Crippen LogP) is 5.38. The van der Waals surface area contributed by atoms with Gasteiger partial charge in [-0.05, 0) is 42.0 Å². The second kappa shape index (κ2) is 10.9. The number of thiophene rings is 1. The fraction of sp³-hybridized carbons (Fsp3) is 0.308. The summed E-state index contributed by atoms with van der Waals surface area (Å²) in [5, 5.41) is 2.02. The van der Waals surface area contributed by atoms with Crippen LogP contribution in [0.5, 0.6) is 0 Å². The molecule has 2 aromatic carbocycles. The van der Waals surface area contributed by atoms with E-state index in [2.05, 4.69) is 13.8 Å². The van der Waals surface area contributed by atoms with Crippen molar-refractivity contribution in [1.82, 2.24) is 9.80 Å². The lowest BCUT2D eigenvalue weighted by Gasteiger charge is -2.29. The minimum absolute atomic E-state index is 0.0432. The lowest BCUT2D eigenvalue weighted by Crippen LogP contribution is -2.43. The number of aryl methyl sites for hydroxylation is 1. The zero-order valence-electron chi connectivity index (χ0n) is 18.5. The number of carbonyl (C=O) groups excluding carboxylic acids is 2. The standard InChI is InChI=1S/C26H30N2O2S/c1-20(2)16-28(26(30)23-13-11-21(3)12-14-23)19-25(29)27(18-24-10-7-15-31-24)17-22-8-5-4-6-9-22/h4-15,20H,16-19H2,1-3H3. The minimum Gasteiger partial charge on any atom is -0.332 e. The molecule has 0 unspecified atom stereocenters. The van der Waals surface area contributed by atoms with Gasteiger partial charge in [-0.1, -0.05) is 67.9 Å². The average molecular weight is 435 g/mol. The van der Waals surface area contributed by atoms with Crippen molar-refractivity contribution >= 4 is 23.2 Å². The van der Waals surface area contributed by atoms with Crippen LogP contribution in [0, 0.1) is 12.8 Å². The van der Waals surface area contributed by atoms with Crippen molar-refractivity contribution in [1.29, 1.82) is 0 Å². The molecule has 1 aromatic heterocycles. The van der Waals surface area contributed by atoms with E-state index < -0.39 is 0 Å². The number of amides is 2. The number of rotatable bonds is 9. The molecule has 0 saturated carbocycles. The van der Waals surface area contributed by atoms with Gasteiger partial charge in [-0.25, -0.2) is 0 Å². The summed E-state index contributed by atoms with van der Waals surface area (Å²) in [7, 11) is 0. The van der Waals surface area contributed by atoms with Gasteiger partial charge in [-0.2, -0.15) is 0 Å². The fourth-order valence-corrected chi connectivity index (χ4v) is 4.15. The van der Waals surface area contributed by atoms with Gasteiger partial charge in [0.15, 0.2) is 0 Å². The zero-order chi connectivity index (χ0) is 22.2. The van der Waals surface area contributed by atoms with Crippen LogP contribution in [-0.2, 0) is 17.9 Å². The molecule has 0 fully saturated rings. The van der Waals surface area contributed by atoms with Crippen molar-refractivity contribution in [2.45, 2.75) is 33.9 Å². The first-order chi connectivity index (χ1) is 14.9. The summed E-state index contributed by atoms with van der Waals surface area (Å²) in [5.41, 5.74) is 2.80. The molecule has 31 heavy (non-hydrogen) atoms. The van der Waals surface area contributed by atoms with Gasteiger partial charge in [0.05, 0.1) is 6.54 Å². The van der Waals surface area contributed by atoms with Crippen molar-refractivity contribution in [3.05, 3.63) is 93.7 Å². The molecule has 0 N–H and O–H groups in total. The fourth-order valence-electron chi connectivity index (χ4n) is 3.43. The molecule has 162 valence electrons. The molecular formula is C26H30N2O2S. The van der Waals surface area contributed by atoms with Gasteiger partial charge in [0.25, 0.3) is 5.91 Å². The van der Waals surface area contributed by atoms with E-state index in [1.807, 2.05) is 83.9 Å². The van der Waals surface area contributed by atoms with Gasteiger partial charge >= 0.3 is 0 Å². The second-order valence-corrected chi connectivity index (χ2v) is 9.29. The molecule has 4 nitrogen and oxygen atoms in total. The molecule has 5 heteroatoms. The topological polar surface area (TPSA) is 40.6 Å². The Kier molecular flexibility index (Phi) is 8.01. The van der Waals surface area contributed by atoms with E-state index in [0.717, 1.165) is 16.0 Å². The van der Waals surface area contributed by atoms with Crippen LogP contribution in [0.4, 0.5) is 0 Å². The Morgan fingerprint density at radius 3 is 2.19 bits per heavy atom. The van der Waals surface area contributed by atoms with Gasteiger partial charge < -0.3 is 9.80 Å². The molecule has 0 aliphatic rings. The van der Waals surface area contributed by atoms with Crippen molar-refractivity contribution in [2.24, 2.45) is 5.92 Å². The highest BCUT2D eigenvalue weighted by Gasteiger charge is 2.23. The van der Waals surface area contributed by atoms with Gasteiger partial charge in [-0.15, -0.1) is 11.3 Å². The highest BCUT2D eigenvalue weighted by atomic mass is 32.1. The van der Waals surface area contributed by atoms with E-state index in [1.165, 1.54) is 0 Å². The number of hydrogen-bond donors (Lipinski definition) is 0. The van der Waals surface area contributed by atoms with Crippen LogP contribution in [0.15, 0.2) is 72.1 Å². The van der Waals surface area contributed by atoms with Gasteiger partial charge in [0, 0.05) is 23.5 Å². The van der Waals surface area contributed by atoms with E-state index >= 15 is 0 Å². The molecule has 3 rings (SSSR count). The summed E-state index contributed by atoms with van der Waals surface area (Å²) in [6.07, 6.45) is 0. The smallest absolute Gasteiger partial charge is 0.254 e. The maximum Gasteiger partial charge on any atom is 0.254 e. The van der Waals surface area contributed by atoms with Crippen LogP contribution in [0.3, 0.4) is 0 Å². The van der Waals surface area contributed by atoms with Crippen molar-refractivity contribution < 1.29 is 9.59 Å². The van der Waals surface area contributed by atoms with Crippen LogP contribution < -0.4 is 0 Å². The molecule has 0 spiro atoms. The third kappa shape index (κ3) is 6.79. The quantitative estimate of drug-likeness (QED) is 0.453. The van der Waals surface area contributed by atoms with E-state index in [0.29, 0.717) is 25.2 Å². The number of benzene rings is 2. The van der Waals surface area contributed by atoms with Crippen LogP contribution in [0.1, 0.15) is 40.2 Å². The Morgan fingerprint density at radius 2 is 1.58 bits per heavy atom. The normalized spacial score (nSPS) is 10.8. The van der Waals surface area contributed by atoms with Crippen LogP contribution in [-0.4, -0.2) is 34.7 Å². The Labute approximate surface area is 189 Å². The Bertz CT molecular complexity index is 966. The van der Waals surface area contributed by atoms with Crippen LogP contribution >= 0.6 is 11.3 Å². The minimum atomic E-state index is -0.0992. The first-order valence-electron chi connectivity index (χ1n) is 10.6. The summed E-state index contributed by atoms with van der Waals surface area (Å²) in [4.78, 5) is 31.2. The summed E-state index contributed by atoms with van der Waals surface area (Å²) in [6, 6.07) is 21.6. The third-order valence-corrected chi connectivity index (χ3v) is 5.85. The molecular weight excluding hydrogens is 404 g/mol. The molecule has 0 bridgehead atoms. The summed E-state index contributed by atoms with van der Waals surface area (Å²) >= 11 is 1.64. The Morgan fingerprint density at radius 1 is 0.871 bits per heavy atom. The molecule has 0 saturated heterocycles. The van der Waals surface area contributed by atoms with Crippen LogP contribution in [0.25, 0.3) is 0 Å². The number of carbonyl (C=O) groups is 2. The Balaban J connectivity index is 1.79. The molecule has 0 radical (unpaired) electrons. The molecule has 3 aromatic rings. The molecule has 2 amide bonds. The predicted molar refractivity (Wildman–Crippen MR) is 127 cm³/mol. The lowest BCUT2D eigenvalue weighted by molar-refractivity contribution is -0.133. The van der Waals surface area contributed by atoms with Gasteiger partial charge in [0.1, 0.15) is 6.54 Å². The van der Waals surface area contributed by atoms with E-state index in [4.69, 9.17) is 0 Å². The zero-order valence-corrected chi connectivity index (χ0v) is 19.3. The maximum absolute atomic E-state index is 13.4. The number of nitrogens with zero attached hydrogens (tertiary/aromatic N) is 2. The summed E-state index contributed by atoms with van der Waals surface area (Å²) < 4.78 is 0. The summed E-state index contributed by atoms with van der Waals surface area (Å²) in [5.74, 6) is 0.123. The third-order valence-electron chi connectivity index (χ3n) is 4.99. The maximum atomic E-state index is 13.4. The van der Waals surface area contributed by atoms with Gasteiger partial charge in [-0.3, -0.25) is 9.59 Å². The molecule has 0 aliphatic carbocycles. The largest absolute Gasteiger partial charge is 0.332 e. The van der Waals surface area contributed by atoms with E-state index in [-0.39, 0.29) is 24.3 Å². The average Bonchev–Trinajstić information content (AvgIpc) is 3.26. The molecule has 0 atom stereocenters. The monoisotopic (exact) mass is 434 g/mol. The lowest BCUT2D eigenvalue weighted by atomic mass is 10.1. The van der Waals surface area contributed by atoms with Crippen molar-refractivity contribution in [3.63, 3.8) is 0 Å². The van der Waals surface area contributed by atoms with E-state index in [1.54, 1.807) is 16.2 Å². The molecule has 1 heterocycles. The highest BCUT2D eigenvalue weighted by Crippen LogP contribution is 2.16. The van der Waals surface area contributed by atoms with Crippen LogP contribution in [0.2, 0.25) is 0 Å². The highest BCUT2D eigenvalue weighted by molar-refractivity contribution is 7.09. The van der Waals surface area contributed by atoms with E-state index in [9.17, 15) is 9.59 Å². The van der Waals surface area contributed by atoms with Crippen molar-refractivity contribution in [2.75, 3.05) is 13.1 Å². The summed E-state index contributed by atoms with van der Waals surface area (Å²) in [6.45, 7) is 7.79. The first-order valence-corrected chi connectivity index (χ1v) is 11.5. The first kappa shape index (κ1) is 22.8. The Hall–Kier alpha value is -2.92. The SMILES string of the molecule is Cc1ccc(C(=O)N(CC(=O)N(Cc2ccccc2)Cc2cccs2)CC(C)C)cc1. The van der Waals surface area contributed by atoms with Crippen molar-refractivity contribution in [3.8, 4) is 0 Å². The van der Waals surface area contributed by atoms with Gasteiger partial charge in [0.2, 0.25) is 5.91 Å². The number of hydrogen-bond acceptors (Lipinski definition) is 3. The second-order valence-electron chi connectivity index (χ2n) is 8.26. The molecule has 0 aliphatic heterocycles.